The van der Waals surface area contributed by atoms with Gasteiger partial charge in [-0.3, -0.25) is 4.90 Å². The highest BCUT2D eigenvalue weighted by molar-refractivity contribution is 6.31. The number of ether oxygens (including phenoxy) is 1. The van der Waals surface area contributed by atoms with Crippen LogP contribution in [0.5, 0.6) is 5.75 Å². The van der Waals surface area contributed by atoms with Crippen LogP contribution in [-0.4, -0.2) is 31.1 Å². The third-order valence-electron chi connectivity index (χ3n) is 4.79. The standard InChI is InChI=1S/C20H19Cl2NO/c21-16-2-1-3-18(11-16)24-9-8-23-7-6-19-15(13-23)10-14-4-5-17(22)12-20(14)19/h1-5,11-12H,6-10,13H2. The number of nitrogens with zero attached hydrogens (tertiary/aromatic N) is 1. The molecule has 0 atom stereocenters. The van der Waals surface area contributed by atoms with Crippen molar-refractivity contribution in [2.75, 3.05) is 26.2 Å². The van der Waals surface area contributed by atoms with Crippen LogP contribution in [0.3, 0.4) is 0 Å². The maximum Gasteiger partial charge on any atom is 0.120 e. The first-order valence-electron chi connectivity index (χ1n) is 8.29. The van der Waals surface area contributed by atoms with E-state index in [4.69, 9.17) is 27.9 Å². The number of hydrogen-bond donors (Lipinski definition) is 0. The van der Waals surface area contributed by atoms with Crippen LogP contribution >= 0.6 is 23.2 Å². The largest absolute Gasteiger partial charge is 0.492 e. The summed E-state index contributed by atoms with van der Waals surface area (Å²) in [6, 6.07) is 13.9. The fourth-order valence-corrected chi connectivity index (χ4v) is 3.99. The average molecular weight is 360 g/mol. The molecule has 124 valence electrons. The Morgan fingerprint density at radius 3 is 2.79 bits per heavy atom. The molecule has 2 aromatic rings. The lowest BCUT2D eigenvalue weighted by atomic mass is 9.99. The van der Waals surface area contributed by atoms with E-state index >= 15 is 0 Å². The minimum Gasteiger partial charge on any atom is -0.492 e. The van der Waals surface area contributed by atoms with Crippen molar-refractivity contribution in [2.24, 2.45) is 0 Å². The predicted molar refractivity (Wildman–Crippen MR) is 100 cm³/mol. The van der Waals surface area contributed by atoms with Crippen LogP contribution in [0.1, 0.15) is 17.5 Å². The summed E-state index contributed by atoms with van der Waals surface area (Å²) in [5.41, 5.74) is 5.84. The van der Waals surface area contributed by atoms with Crippen molar-refractivity contribution in [2.45, 2.75) is 12.8 Å². The number of rotatable bonds is 4. The molecule has 2 nitrogen and oxygen atoms in total. The van der Waals surface area contributed by atoms with Gasteiger partial charge >= 0.3 is 0 Å². The predicted octanol–water partition coefficient (Wildman–Crippen LogP) is 5.09. The second-order valence-electron chi connectivity index (χ2n) is 6.39. The van der Waals surface area contributed by atoms with E-state index in [2.05, 4.69) is 17.0 Å². The second kappa shape index (κ2) is 6.79. The van der Waals surface area contributed by atoms with Crippen molar-refractivity contribution in [1.29, 1.82) is 0 Å². The summed E-state index contributed by atoms with van der Waals surface area (Å²) in [6.07, 6.45) is 2.16. The maximum atomic E-state index is 6.16. The van der Waals surface area contributed by atoms with Crippen molar-refractivity contribution in [1.82, 2.24) is 4.90 Å². The van der Waals surface area contributed by atoms with Gasteiger partial charge in [0.1, 0.15) is 12.4 Å². The molecule has 0 radical (unpaired) electrons. The van der Waals surface area contributed by atoms with Gasteiger partial charge in [-0.1, -0.05) is 35.3 Å². The molecule has 0 fully saturated rings. The van der Waals surface area contributed by atoms with Crippen LogP contribution in [0.4, 0.5) is 0 Å². The van der Waals surface area contributed by atoms with Gasteiger partial charge in [0.15, 0.2) is 0 Å². The molecular weight excluding hydrogens is 341 g/mol. The summed E-state index contributed by atoms with van der Waals surface area (Å²) >= 11 is 12.1. The molecule has 2 aliphatic rings. The van der Waals surface area contributed by atoms with Crippen LogP contribution in [0.2, 0.25) is 10.0 Å². The molecule has 0 bridgehead atoms. The molecule has 2 aromatic carbocycles. The first-order valence-corrected chi connectivity index (χ1v) is 9.05. The highest BCUT2D eigenvalue weighted by Gasteiger charge is 2.26. The molecule has 1 heterocycles. The van der Waals surface area contributed by atoms with Gasteiger partial charge < -0.3 is 4.74 Å². The number of hydrogen-bond acceptors (Lipinski definition) is 2. The van der Waals surface area contributed by atoms with Gasteiger partial charge in [0.05, 0.1) is 0 Å². The monoisotopic (exact) mass is 359 g/mol. The molecule has 0 saturated heterocycles. The Labute approximate surface area is 152 Å². The van der Waals surface area contributed by atoms with E-state index in [1.165, 1.54) is 16.7 Å². The molecule has 4 heteroatoms. The topological polar surface area (TPSA) is 12.5 Å². The normalized spacial score (nSPS) is 16.9. The van der Waals surface area contributed by atoms with Crippen LogP contribution in [0, 0.1) is 0 Å². The van der Waals surface area contributed by atoms with Crippen LogP contribution in [-0.2, 0) is 6.42 Å². The van der Waals surface area contributed by atoms with E-state index in [9.17, 15) is 0 Å². The fraction of sp³-hybridized carbons (Fsp3) is 0.300. The molecule has 0 saturated carbocycles. The molecule has 0 unspecified atom stereocenters. The minimum atomic E-state index is 0.682. The van der Waals surface area contributed by atoms with Crippen LogP contribution < -0.4 is 4.74 Å². The van der Waals surface area contributed by atoms with Gasteiger partial charge in [-0.15, -0.1) is 0 Å². The van der Waals surface area contributed by atoms with E-state index in [1.807, 2.05) is 30.3 Å². The van der Waals surface area contributed by atoms with E-state index in [1.54, 1.807) is 5.57 Å². The Bertz CT molecular complexity index is 800. The Balaban J connectivity index is 1.35. The zero-order valence-corrected chi connectivity index (χ0v) is 14.9. The van der Waals surface area contributed by atoms with Gasteiger partial charge in [-0.05, 0) is 65.4 Å². The SMILES string of the molecule is Clc1cccc(OCCN2CCC3=C(Cc4ccc(Cl)cc43)C2)c1. The molecule has 1 aliphatic carbocycles. The lowest BCUT2D eigenvalue weighted by molar-refractivity contribution is 0.218. The Hall–Kier alpha value is -1.48. The zero-order chi connectivity index (χ0) is 16.5. The number of fused-ring (bicyclic) bond motifs is 2. The fourth-order valence-electron chi connectivity index (χ4n) is 3.63. The third-order valence-corrected chi connectivity index (χ3v) is 5.26. The van der Waals surface area contributed by atoms with E-state index < -0.39 is 0 Å². The Morgan fingerprint density at radius 1 is 1.04 bits per heavy atom. The molecule has 0 amide bonds. The van der Waals surface area contributed by atoms with E-state index in [0.29, 0.717) is 11.6 Å². The number of halogens is 2. The lowest BCUT2D eigenvalue weighted by Crippen LogP contribution is -2.34. The first kappa shape index (κ1) is 16.0. The average Bonchev–Trinajstić information content (AvgIpc) is 2.92. The molecule has 1 aliphatic heterocycles. The van der Waals surface area contributed by atoms with Gasteiger partial charge in [-0.2, -0.15) is 0 Å². The maximum absolute atomic E-state index is 6.16. The summed E-state index contributed by atoms with van der Waals surface area (Å²) in [5.74, 6) is 0.835. The van der Waals surface area contributed by atoms with E-state index in [-0.39, 0.29) is 0 Å². The van der Waals surface area contributed by atoms with Gasteiger partial charge in [-0.25, -0.2) is 0 Å². The Kier molecular flexibility index (Phi) is 4.53. The lowest BCUT2D eigenvalue weighted by Gasteiger charge is -2.28. The quantitative estimate of drug-likeness (QED) is 0.753. The highest BCUT2D eigenvalue weighted by Crippen LogP contribution is 2.39. The summed E-state index contributed by atoms with van der Waals surface area (Å²) in [7, 11) is 0. The van der Waals surface area contributed by atoms with E-state index in [0.717, 1.165) is 43.2 Å². The first-order chi connectivity index (χ1) is 11.7. The van der Waals surface area contributed by atoms with Crippen molar-refractivity contribution in [3.05, 3.63) is 69.2 Å². The van der Waals surface area contributed by atoms with Crippen molar-refractivity contribution in [3.8, 4) is 5.75 Å². The zero-order valence-electron chi connectivity index (χ0n) is 13.4. The summed E-state index contributed by atoms with van der Waals surface area (Å²) < 4.78 is 5.82. The second-order valence-corrected chi connectivity index (χ2v) is 7.27. The molecule has 0 N–H and O–H groups in total. The molecule has 0 spiro atoms. The molecular formula is C20H19Cl2NO. The van der Waals surface area contributed by atoms with Gasteiger partial charge in [0, 0.05) is 29.7 Å². The molecule has 24 heavy (non-hydrogen) atoms. The van der Waals surface area contributed by atoms with Crippen molar-refractivity contribution in [3.63, 3.8) is 0 Å². The third kappa shape index (κ3) is 3.32. The van der Waals surface area contributed by atoms with Crippen molar-refractivity contribution < 1.29 is 4.74 Å². The molecule has 0 aromatic heterocycles. The minimum absolute atomic E-state index is 0.682. The van der Waals surface area contributed by atoms with Gasteiger partial charge in [0.2, 0.25) is 0 Å². The Morgan fingerprint density at radius 2 is 1.92 bits per heavy atom. The van der Waals surface area contributed by atoms with Gasteiger partial charge in [0.25, 0.3) is 0 Å². The smallest absolute Gasteiger partial charge is 0.120 e. The summed E-state index contributed by atoms with van der Waals surface area (Å²) in [6.45, 7) is 3.71. The summed E-state index contributed by atoms with van der Waals surface area (Å²) in [4.78, 5) is 2.47. The summed E-state index contributed by atoms with van der Waals surface area (Å²) in [5, 5.41) is 1.54. The van der Waals surface area contributed by atoms with Crippen LogP contribution in [0.25, 0.3) is 5.57 Å². The molecule has 4 rings (SSSR count). The van der Waals surface area contributed by atoms with Crippen molar-refractivity contribution >= 4 is 28.8 Å². The van der Waals surface area contributed by atoms with Crippen LogP contribution in [0.15, 0.2) is 48.0 Å². The number of benzene rings is 2. The highest BCUT2D eigenvalue weighted by atomic mass is 35.5.